The van der Waals surface area contributed by atoms with Crippen molar-refractivity contribution in [2.45, 2.75) is 6.61 Å². The number of allylic oxidation sites excluding steroid dienone is 1. The standard InChI is InChI=1S/C25H22ClNO4/c1-28-22-10-9-19(14-23(22)29-2)20(15-27)11-18-12-21(26)25(24(13-18)30-3)31-16-17-7-5-4-6-8-17/h4-14H,16H2,1-3H3/b20-11+. The highest BCUT2D eigenvalue weighted by Gasteiger charge is 2.13. The summed E-state index contributed by atoms with van der Waals surface area (Å²) in [5.41, 5.74) is 2.86. The molecule has 0 heterocycles. The van der Waals surface area contributed by atoms with E-state index in [1.165, 1.54) is 0 Å². The van der Waals surface area contributed by atoms with Gasteiger partial charge in [0.05, 0.1) is 38.0 Å². The minimum Gasteiger partial charge on any atom is -0.493 e. The first-order valence-electron chi connectivity index (χ1n) is 9.48. The first-order valence-corrected chi connectivity index (χ1v) is 9.85. The fourth-order valence-corrected chi connectivity index (χ4v) is 3.32. The number of hydrogen-bond acceptors (Lipinski definition) is 5. The summed E-state index contributed by atoms with van der Waals surface area (Å²) in [6.07, 6.45) is 1.73. The molecule has 3 aromatic rings. The van der Waals surface area contributed by atoms with Gasteiger partial charge in [-0.1, -0.05) is 41.9 Å². The second-order valence-corrected chi connectivity index (χ2v) is 6.96. The number of benzene rings is 3. The predicted molar refractivity (Wildman–Crippen MR) is 122 cm³/mol. The molecule has 158 valence electrons. The van der Waals surface area contributed by atoms with E-state index in [2.05, 4.69) is 6.07 Å². The summed E-state index contributed by atoms with van der Waals surface area (Å²) in [6, 6.07) is 20.8. The van der Waals surface area contributed by atoms with Crippen molar-refractivity contribution in [3.8, 4) is 29.1 Å². The lowest BCUT2D eigenvalue weighted by Gasteiger charge is -2.14. The van der Waals surface area contributed by atoms with E-state index in [9.17, 15) is 5.26 Å². The van der Waals surface area contributed by atoms with E-state index in [0.717, 1.165) is 5.56 Å². The van der Waals surface area contributed by atoms with Gasteiger partial charge in [0.2, 0.25) is 0 Å². The summed E-state index contributed by atoms with van der Waals surface area (Å²) in [5, 5.41) is 10.1. The van der Waals surface area contributed by atoms with Crippen molar-refractivity contribution in [3.63, 3.8) is 0 Å². The molecule has 0 atom stereocenters. The molecule has 0 saturated heterocycles. The van der Waals surface area contributed by atoms with Crippen LogP contribution in [0.1, 0.15) is 16.7 Å². The van der Waals surface area contributed by atoms with Crippen LogP contribution in [-0.2, 0) is 6.61 Å². The highest BCUT2D eigenvalue weighted by atomic mass is 35.5. The van der Waals surface area contributed by atoms with Gasteiger partial charge in [-0.2, -0.15) is 5.26 Å². The summed E-state index contributed by atoms with van der Waals surface area (Å²) >= 11 is 6.49. The zero-order chi connectivity index (χ0) is 22.2. The Hall–Kier alpha value is -3.62. The maximum atomic E-state index is 9.71. The van der Waals surface area contributed by atoms with Crippen LogP contribution in [0.25, 0.3) is 11.6 Å². The summed E-state index contributed by atoms with van der Waals surface area (Å²) in [6.45, 7) is 0.362. The van der Waals surface area contributed by atoms with E-state index in [0.29, 0.717) is 51.3 Å². The highest BCUT2D eigenvalue weighted by Crippen LogP contribution is 2.38. The largest absolute Gasteiger partial charge is 0.493 e. The number of hydrogen-bond donors (Lipinski definition) is 0. The molecule has 0 aliphatic rings. The van der Waals surface area contributed by atoms with Gasteiger partial charge >= 0.3 is 0 Å². The van der Waals surface area contributed by atoms with E-state index >= 15 is 0 Å². The molecular formula is C25H22ClNO4. The Morgan fingerprint density at radius 3 is 2.26 bits per heavy atom. The Balaban J connectivity index is 1.92. The van der Waals surface area contributed by atoms with Crippen molar-refractivity contribution in [2.75, 3.05) is 21.3 Å². The van der Waals surface area contributed by atoms with Crippen LogP contribution in [0.2, 0.25) is 5.02 Å². The molecule has 0 unspecified atom stereocenters. The van der Waals surface area contributed by atoms with Crippen LogP contribution in [0.15, 0.2) is 60.7 Å². The minimum absolute atomic E-state index is 0.362. The van der Waals surface area contributed by atoms with Gasteiger partial charge in [-0.25, -0.2) is 0 Å². The molecule has 0 fully saturated rings. The van der Waals surface area contributed by atoms with Crippen molar-refractivity contribution in [1.29, 1.82) is 5.26 Å². The van der Waals surface area contributed by atoms with E-state index in [1.807, 2.05) is 30.3 Å². The van der Waals surface area contributed by atoms with Crippen LogP contribution < -0.4 is 18.9 Å². The lowest BCUT2D eigenvalue weighted by molar-refractivity contribution is 0.284. The van der Waals surface area contributed by atoms with Gasteiger partial charge in [-0.3, -0.25) is 0 Å². The number of halogens is 1. The van der Waals surface area contributed by atoms with Gasteiger partial charge in [0, 0.05) is 0 Å². The zero-order valence-electron chi connectivity index (χ0n) is 17.5. The van der Waals surface area contributed by atoms with Gasteiger partial charge in [0.15, 0.2) is 23.0 Å². The quantitative estimate of drug-likeness (QED) is 0.320. The van der Waals surface area contributed by atoms with Crippen molar-refractivity contribution < 1.29 is 18.9 Å². The molecule has 0 radical (unpaired) electrons. The number of methoxy groups -OCH3 is 3. The van der Waals surface area contributed by atoms with Gasteiger partial charge in [0.1, 0.15) is 6.61 Å². The number of rotatable bonds is 8. The Morgan fingerprint density at radius 1 is 0.903 bits per heavy atom. The zero-order valence-corrected chi connectivity index (χ0v) is 18.3. The lowest BCUT2D eigenvalue weighted by atomic mass is 10.0. The average Bonchev–Trinajstić information content (AvgIpc) is 2.81. The maximum absolute atomic E-state index is 9.71. The molecule has 0 aliphatic carbocycles. The molecule has 0 bridgehead atoms. The number of nitrogens with zero attached hydrogens (tertiary/aromatic N) is 1. The molecule has 31 heavy (non-hydrogen) atoms. The smallest absolute Gasteiger partial charge is 0.180 e. The molecule has 6 heteroatoms. The summed E-state index contributed by atoms with van der Waals surface area (Å²) in [4.78, 5) is 0. The fourth-order valence-electron chi connectivity index (χ4n) is 3.04. The van der Waals surface area contributed by atoms with Crippen LogP contribution in [0.5, 0.6) is 23.0 Å². The fraction of sp³-hybridized carbons (Fsp3) is 0.160. The molecular weight excluding hydrogens is 414 g/mol. The summed E-state index contributed by atoms with van der Waals surface area (Å²) < 4.78 is 22.0. The number of nitriles is 1. The third-order valence-corrected chi connectivity index (χ3v) is 4.88. The molecule has 0 aromatic heterocycles. The van der Waals surface area contributed by atoms with Crippen molar-refractivity contribution in [3.05, 3.63) is 82.4 Å². The minimum atomic E-state index is 0.362. The monoisotopic (exact) mass is 435 g/mol. The average molecular weight is 436 g/mol. The Labute approximate surface area is 187 Å². The number of ether oxygens (including phenoxy) is 4. The van der Waals surface area contributed by atoms with Crippen LogP contribution >= 0.6 is 11.6 Å². The van der Waals surface area contributed by atoms with E-state index < -0.39 is 0 Å². The Bertz CT molecular complexity index is 1120. The molecule has 3 aromatic carbocycles. The van der Waals surface area contributed by atoms with Crippen LogP contribution in [0, 0.1) is 11.3 Å². The first kappa shape index (κ1) is 22.1. The normalized spacial score (nSPS) is 10.9. The summed E-state index contributed by atoms with van der Waals surface area (Å²) in [7, 11) is 4.67. The highest BCUT2D eigenvalue weighted by molar-refractivity contribution is 6.32. The molecule has 3 rings (SSSR count). The van der Waals surface area contributed by atoms with Gasteiger partial charge < -0.3 is 18.9 Å². The van der Waals surface area contributed by atoms with Crippen LogP contribution in [-0.4, -0.2) is 21.3 Å². The SMILES string of the molecule is COc1ccc(/C(C#N)=C/c2cc(Cl)c(OCc3ccccc3)c(OC)c2)cc1OC. The molecule has 0 saturated carbocycles. The Morgan fingerprint density at radius 2 is 1.61 bits per heavy atom. The Kier molecular flexibility index (Phi) is 7.42. The first-order chi connectivity index (χ1) is 15.1. The summed E-state index contributed by atoms with van der Waals surface area (Å²) in [5.74, 6) is 2.07. The van der Waals surface area contributed by atoms with Crippen molar-refractivity contribution in [2.24, 2.45) is 0 Å². The van der Waals surface area contributed by atoms with Gasteiger partial charge in [-0.15, -0.1) is 0 Å². The predicted octanol–water partition coefficient (Wildman–Crippen LogP) is 6.01. The molecule has 5 nitrogen and oxygen atoms in total. The molecule has 0 amide bonds. The van der Waals surface area contributed by atoms with Crippen LogP contribution in [0.4, 0.5) is 0 Å². The third-order valence-electron chi connectivity index (χ3n) is 4.60. The van der Waals surface area contributed by atoms with Crippen molar-refractivity contribution in [1.82, 2.24) is 0 Å². The molecule has 0 spiro atoms. The van der Waals surface area contributed by atoms with E-state index in [4.69, 9.17) is 30.5 Å². The lowest BCUT2D eigenvalue weighted by Crippen LogP contribution is -1.99. The van der Waals surface area contributed by atoms with E-state index in [-0.39, 0.29) is 0 Å². The van der Waals surface area contributed by atoms with E-state index in [1.54, 1.807) is 57.7 Å². The topological polar surface area (TPSA) is 60.7 Å². The van der Waals surface area contributed by atoms with Crippen LogP contribution in [0.3, 0.4) is 0 Å². The van der Waals surface area contributed by atoms with Gasteiger partial charge in [-0.05, 0) is 53.1 Å². The van der Waals surface area contributed by atoms with Gasteiger partial charge in [0.25, 0.3) is 0 Å². The second-order valence-electron chi connectivity index (χ2n) is 6.55. The molecule has 0 aliphatic heterocycles. The molecule has 0 N–H and O–H groups in total. The van der Waals surface area contributed by atoms with Crippen molar-refractivity contribution >= 4 is 23.3 Å². The second kappa shape index (κ2) is 10.4. The maximum Gasteiger partial charge on any atom is 0.180 e. The third kappa shape index (κ3) is 5.30.